The zero-order valence-electron chi connectivity index (χ0n) is 16.2. The fourth-order valence-electron chi connectivity index (χ4n) is 2.45. The number of nitrogens with zero attached hydrogens (tertiary/aromatic N) is 1. The van der Waals surface area contributed by atoms with Gasteiger partial charge in [-0.3, -0.25) is 9.59 Å². The van der Waals surface area contributed by atoms with Crippen LogP contribution in [0.4, 0.5) is 0 Å². The number of esters is 1. The third-order valence-corrected chi connectivity index (χ3v) is 7.09. The van der Waals surface area contributed by atoms with Gasteiger partial charge in [-0.25, -0.2) is 4.79 Å². The van der Waals surface area contributed by atoms with Gasteiger partial charge in [-0.15, -0.1) is 0 Å². The lowest BCUT2D eigenvalue weighted by atomic mass is 10.1. The predicted octanol–water partition coefficient (Wildman–Crippen LogP) is 1.59. The molecule has 1 aliphatic heterocycles. The maximum atomic E-state index is 11.8. The van der Waals surface area contributed by atoms with Gasteiger partial charge in [-0.2, -0.15) is 0 Å². The van der Waals surface area contributed by atoms with Crippen molar-refractivity contribution in [3.05, 3.63) is 12.2 Å². The Kier molecular flexibility index (Phi) is 13.1. The highest BCUT2D eigenvalue weighted by Gasteiger charge is 2.15. The normalized spacial score (nSPS) is 16.6. The number of hydrogen-bond acceptors (Lipinski definition) is 7. The minimum absolute atomic E-state index is 0.109. The fourth-order valence-corrected chi connectivity index (χ4v) is 5.48. The quantitative estimate of drug-likeness (QED) is 0.204. The third kappa shape index (κ3) is 12.8. The molecular weight excluding hydrogens is 386 g/mol. The SMILES string of the molecule is COC(=O)/C=C/C(=O)NCCN(C)CCNC(=O)CCCC[C@@H]1CCSS1. The minimum atomic E-state index is -0.561. The van der Waals surface area contributed by atoms with E-state index in [1.807, 2.05) is 33.5 Å². The molecule has 1 heterocycles. The number of hydrogen-bond donors (Lipinski definition) is 2. The van der Waals surface area contributed by atoms with Gasteiger partial charge in [0.2, 0.25) is 11.8 Å². The maximum absolute atomic E-state index is 11.8. The van der Waals surface area contributed by atoms with E-state index >= 15 is 0 Å². The predicted molar refractivity (Wildman–Crippen MR) is 112 cm³/mol. The Labute approximate surface area is 169 Å². The second-order valence-electron chi connectivity index (χ2n) is 6.38. The number of unbranched alkanes of at least 4 members (excludes halogenated alkanes) is 1. The molecule has 0 aromatic carbocycles. The molecule has 0 aromatic heterocycles. The molecule has 1 rings (SSSR count). The summed E-state index contributed by atoms with van der Waals surface area (Å²) in [5.74, 6) is 0.473. The molecule has 1 atom stereocenters. The van der Waals surface area contributed by atoms with Crippen LogP contribution in [-0.4, -0.2) is 74.0 Å². The van der Waals surface area contributed by atoms with Crippen LogP contribution in [0.2, 0.25) is 0 Å². The van der Waals surface area contributed by atoms with Crippen molar-refractivity contribution in [2.75, 3.05) is 46.1 Å². The van der Waals surface area contributed by atoms with Gasteiger partial charge in [-0.1, -0.05) is 28.0 Å². The van der Waals surface area contributed by atoms with Crippen molar-refractivity contribution in [1.82, 2.24) is 15.5 Å². The second-order valence-corrected chi connectivity index (χ2v) is 9.16. The number of ether oxygens (including phenoxy) is 1. The Morgan fingerprint density at radius 3 is 2.56 bits per heavy atom. The van der Waals surface area contributed by atoms with Crippen LogP contribution in [0.15, 0.2) is 12.2 Å². The summed E-state index contributed by atoms with van der Waals surface area (Å²) in [7, 11) is 7.14. The fraction of sp³-hybridized carbons (Fsp3) is 0.722. The molecule has 1 saturated heterocycles. The first-order chi connectivity index (χ1) is 13.0. The van der Waals surface area contributed by atoms with Crippen LogP contribution in [0.3, 0.4) is 0 Å². The van der Waals surface area contributed by atoms with Crippen molar-refractivity contribution >= 4 is 39.4 Å². The van der Waals surface area contributed by atoms with Gasteiger partial charge in [0.1, 0.15) is 0 Å². The highest BCUT2D eigenvalue weighted by atomic mass is 33.1. The first kappa shape index (κ1) is 23.8. The van der Waals surface area contributed by atoms with Crippen LogP contribution in [-0.2, 0) is 19.1 Å². The number of methoxy groups -OCH3 is 1. The van der Waals surface area contributed by atoms with E-state index in [0.717, 1.165) is 36.8 Å². The number of carbonyl (C=O) groups excluding carboxylic acids is 3. The molecular formula is C18H31N3O4S2. The molecule has 0 aromatic rings. The molecule has 1 fully saturated rings. The Morgan fingerprint density at radius 2 is 1.89 bits per heavy atom. The molecule has 2 amide bonds. The van der Waals surface area contributed by atoms with Crippen molar-refractivity contribution in [3.63, 3.8) is 0 Å². The number of nitrogens with one attached hydrogen (secondary N) is 2. The molecule has 0 aliphatic carbocycles. The molecule has 0 unspecified atom stereocenters. The van der Waals surface area contributed by atoms with Crippen molar-refractivity contribution in [3.8, 4) is 0 Å². The van der Waals surface area contributed by atoms with Gasteiger partial charge in [-0.05, 0) is 26.3 Å². The minimum Gasteiger partial charge on any atom is -0.466 e. The zero-order chi connectivity index (χ0) is 19.9. The summed E-state index contributed by atoms with van der Waals surface area (Å²) in [6, 6.07) is 0. The van der Waals surface area contributed by atoms with E-state index in [0.29, 0.717) is 26.1 Å². The standard InChI is InChI=1S/C18H31N3O4S2/c1-21(13-11-20-17(23)7-8-18(24)25-2)12-10-19-16(22)6-4-3-5-15-9-14-26-27-15/h7-8,15H,3-6,9-14H2,1-2H3,(H,19,22)(H,20,23)/b8-7+/t15-/m1/s1. The van der Waals surface area contributed by atoms with Gasteiger partial charge in [0.25, 0.3) is 0 Å². The Hall–Kier alpha value is -1.19. The van der Waals surface area contributed by atoms with E-state index < -0.39 is 5.97 Å². The molecule has 2 N–H and O–H groups in total. The summed E-state index contributed by atoms with van der Waals surface area (Å²) in [6.45, 7) is 2.44. The van der Waals surface area contributed by atoms with E-state index in [-0.39, 0.29) is 11.8 Å². The van der Waals surface area contributed by atoms with E-state index in [2.05, 4.69) is 15.4 Å². The van der Waals surface area contributed by atoms with Crippen molar-refractivity contribution in [1.29, 1.82) is 0 Å². The molecule has 0 bridgehead atoms. The van der Waals surface area contributed by atoms with Gasteiger partial charge >= 0.3 is 5.97 Å². The average molecular weight is 418 g/mol. The lowest BCUT2D eigenvalue weighted by Crippen LogP contribution is -2.37. The summed E-state index contributed by atoms with van der Waals surface area (Å²) in [4.78, 5) is 36.2. The summed E-state index contributed by atoms with van der Waals surface area (Å²) in [6.07, 6.45) is 7.42. The van der Waals surface area contributed by atoms with Crippen LogP contribution in [0.5, 0.6) is 0 Å². The Morgan fingerprint density at radius 1 is 1.15 bits per heavy atom. The van der Waals surface area contributed by atoms with Gasteiger partial charge < -0.3 is 20.3 Å². The molecule has 0 spiro atoms. The lowest BCUT2D eigenvalue weighted by molar-refractivity contribution is -0.135. The van der Waals surface area contributed by atoms with Gasteiger partial charge in [0.15, 0.2) is 0 Å². The van der Waals surface area contributed by atoms with Crippen molar-refractivity contribution < 1.29 is 19.1 Å². The molecule has 0 radical (unpaired) electrons. The van der Waals surface area contributed by atoms with E-state index in [1.165, 1.54) is 25.7 Å². The smallest absolute Gasteiger partial charge is 0.330 e. The van der Waals surface area contributed by atoms with Crippen molar-refractivity contribution in [2.45, 2.75) is 37.4 Å². The summed E-state index contributed by atoms with van der Waals surface area (Å²) < 4.78 is 4.41. The Bertz CT molecular complexity index is 497. The molecule has 7 nitrogen and oxygen atoms in total. The number of likely N-dealkylation sites (N-methyl/N-ethyl adjacent to an activating group) is 1. The number of carbonyl (C=O) groups is 3. The lowest BCUT2D eigenvalue weighted by Gasteiger charge is -2.17. The molecule has 27 heavy (non-hydrogen) atoms. The molecule has 0 saturated carbocycles. The summed E-state index contributed by atoms with van der Waals surface area (Å²) >= 11 is 0. The third-order valence-electron chi connectivity index (χ3n) is 4.09. The number of rotatable bonds is 13. The van der Waals surface area contributed by atoms with E-state index in [9.17, 15) is 14.4 Å². The van der Waals surface area contributed by atoms with E-state index in [1.54, 1.807) is 0 Å². The second kappa shape index (κ2) is 14.8. The number of amides is 2. The summed E-state index contributed by atoms with van der Waals surface area (Å²) in [5.41, 5.74) is 0. The first-order valence-electron chi connectivity index (χ1n) is 9.28. The average Bonchev–Trinajstić information content (AvgIpc) is 3.16. The Balaban J connectivity index is 1.96. The molecule has 1 aliphatic rings. The van der Waals surface area contributed by atoms with Crippen LogP contribution in [0.25, 0.3) is 0 Å². The summed E-state index contributed by atoms with van der Waals surface area (Å²) in [5, 5.41) is 6.41. The zero-order valence-corrected chi connectivity index (χ0v) is 17.8. The van der Waals surface area contributed by atoms with Crippen LogP contribution >= 0.6 is 21.6 Å². The van der Waals surface area contributed by atoms with Gasteiger partial charge in [0, 0.05) is 55.8 Å². The van der Waals surface area contributed by atoms with Gasteiger partial charge in [0.05, 0.1) is 7.11 Å². The highest BCUT2D eigenvalue weighted by molar-refractivity contribution is 8.77. The monoisotopic (exact) mass is 417 g/mol. The molecule has 154 valence electrons. The largest absolute Gasteiger partial charge is 0.466 e. The highest BCUT2D eigenvalue weighted by Crippen LogP contribution is 2.39. The van der Waals surface area contributed by atoms with Crippen molar-refractivity contribution in [2.24, 2.45) is 0 Å². The van der Waals surface area contributed by atoms with Crippen LogP contribution < -0.4 is 10.6 Å². The van der Waals surface area contributed by atoms with E-state index in [4.69, 9.17) is 0 Å². The maximum Gasteiger partial charge on any atom is 0.330 e. The topological polar surface area (TPSA) is 87.7 Å². The molecule has 9 heteroatoms. The van der Waals surface area contributed by atoms with Crippen LogP contribution in [0.1, 0.15) is 32.1 Å². The first-order valence-corrected chi connectivity index (χ1v) is 11.7. The van der Waals surface area contributed by atoms with Crippen LogP contribution in [0, 0.1) is 0 Å².